The molecule has 136 valence electrons. The Hall–Kier alpha value is -1.53. The standard InChI is InChI=1S/C19H29N5O/c1-22-11-12-23(14-17-20-8-2-9-21-17)15-19(22)6-5-18(25)24(10-7-19)13-16-3-4-16/h2,8-9,16H,3-7,10-15H2,1H3/t19-/m1/s1. The van der Waals surface area contributed by atoms with Crippen molar-refractivity contribution in [2.75, 3.05) is 39.8 Å². The Kier molecular flexibility index (Phi) is 4.73. The smallest absolute Gasteiger partial charge is 0.222 e. The van der Waals surface area contributed by atoms with Gasteiger partial charge in [-0.05, 0) is 44.7 Å². The molecular weight excluding hydrogens is 314 g/mol. The average Bonchev–Trinajstić information content (AvgIpc) is 3.45. The zero-order valence-electron chi connectivity index (χ0n) is 15.2. The van der Waals surface area contributed by atoms with E-state index in [0.29, 0.717) is 12.3 Å². The van der Waals surface area contributed by atoms with Crippen LogP contribution in [0.2, 0.25) is 0 Å². The van der Waals surface area contributed by atoms with Crippen LogP contribution in [0.4, 0.5) is 0 Å². The first-order valence-electron chi connectivity index (χ1n) is 9.62. The van der Waals surface area contributed by atoms with Crippen molar-refractivity contribution in [1.29, 1.82) is 0 Å². The first-order valence-corrected chi connectivity index (χ1v) is 9.62. The summed E-state index contributed by atoms with van der Waals surface area (Å²) in [6.07, 6.45) is 8.97. The Morgan fingerprint density at radius 2 is 1.96 bits per heavy atom. The highest BCUT2D eigenvalue weighted by Crippen LogP contribution is 2.35. The zero-order valence-corrected chi connectivity index (χ0v) is 15.2. The van der Waals surface area contributed by atoms with Gasteiger partial charge in [-0.15, -0.1) is 0 Å². The van der Waals surface area contributed by atoms with E-state index in [1.54, 1.807) is 0 Å². The number of likely N-dealkylation sites (tertiary alicyclic amines) is 1. The van der Waals surface area contributed by atoms with E-state index in [4.69, 9.17) is 0 Å². The lowest BCUT2D eigenvalue weighted by atomic mass is 9.86. The molecule has 6 nitrogen and oxygen atoms in total. The second kappa shape index (κ2) is 7.00. The van der Waals surface area contributed by atoms with Crippen LogP contribution in [0, 0.1) is 5.92 Å². The molecule has 0 bridgehead atoms. The molecule has 0 N–H and O–H groups in total. The predicted octanol–water partition coefficient (Wildman–Crippen LogP) is 1.39. The number of amides is 1. The summed E-state index contributed by atoms with van der Waals surface area (Å²) in [6, 6.07) is 1.86. The van der Waals surface area contributed by atoms with Gasteiger partial charge in [-0.1, -0.05) is 0 Å². The van der Waals surface area contributed by atoms with Crippen LogP contribution in [0.3, 0.4) is 0 Å². The number of hydrogen-bond acceptors (Lipinski definition) is 5. The number of piperazine rings is 1. The van der Waals surface area contributed by atoms with Crippen LogP contribution in [0.25, 0.3) is 0 Å². The minimum Gasteiger partial charge on any atom is -0.342 e. The summed E-state index contributed by atoms with van der Waals surface area (Å²) in [7, 11) is 2.23. The molecule has 0 aromatic carbocycles. The van der Waals surface area contributed by atoms with Crippen LogP contribution in [0.15, 0.2) is 18.5 Å². The van der Waals surface area contributed by atoms with Crippen LogP contribution in [0.1, 0.15) is 37.9 Å². The molecule has 25 heavy (non-hydrogen) atoms. The first kappa shape index (κ1) is 16.9. The number of aromatic nitrogens is 2. The Labute approximate surface area is 150 Å². The minimum absolute atomic E-state index is 0.112. The summed E-state index contributed by atoms with van der Waals surface area (Å²) >= 11 is 0. The van der Waals surface area contributed by atoms with Crippen LogP contribution in [-0.2, 0) is 11.3 Å². The van der Waals surface area contributed by atoms with Gasteiger partial charge in [-0.3, -0.25) is 14.6 Å². The van der Waals surface area contributed by atoms with Gasteiger partial charge in [0.15, 0.2) is 0 Å². The maximum atomic E-state index is 12.6. The quantitative estimate of drug-likeness (QED) is 0.827. The summed E-state index contributed by atoms with van der Waals surface area (Å²) in [6.45, 7) is 5.79. The van der Waals surface area contributed by atoms with Crippen molar-refractivity contribution in [1.82, 2.24) is 24.7 Å². The van der Waals surface area contributed by atoms with Gasteiger partial charge < -0.3 is 4.90 Å². The molecule has 2 saturated heterocycles. The Balaban J connectivity index is 1.43. The van der Waals surface area contributed by atoms with Gasteiger partial charge in [0.1, 0.15) is 5.82 Å². The largest absolute Gasteiger partial charge is 0.342 e. The molecule has 1 aromatic rings. The van der Waals surface area contributed by atoms with E-state index in [9.17, 15) is 4.79 Å². The lowest BCUT2D eigenvalue weighted by molar-refractivity contribution is -0.131. The molecule has 0 unspecified atom stereocenters. The lowest BCUT2D eigenvalue weighted by Gasteiger charge is -2.49. The molecule has 1 spiro atoms. The number of hydrogen-bond donors (Lipinski definition) is 0. The molecule has 1 atom stereocenters. The van der Waals surface area contributed by atoms with Gasteiger partial charge >= 0.3 is 0 Å². The summed E-state index contributed by atoms with van der Waals surface area (Å²) in [5, 5.41) is 0. The number of rotatable bonds is 4. The normalized spacial score (nSPS) is 29.2. The molecule has 3 fully saturated rings. The molecule has 3 aliphatic rings. The molecule has 6 heteroatoms. The average molecular weight is 343 g/mol. The highest BCUT2D eigenvalue weighted by atomic mass is 16.2. The van der Waals surface area contributed by atoms with Gasteiger partial charge in [0.2, 0.25) is 5.91 Å². The number of carbonyl (C=O) groups is 1. The Morgan fingerprint density at radius 3 is 2.72 bits per heavy atom. The summed E-state index contributed by atoms with van der Waals surface area (Å²) in [5.41, 5.74) is 0.112. The van der Waals surface area contributed by atoms with Crippen molar-refractivity contribution >= 4 is 5.91 Å². The monoisotopic (exact) mass is 343 g/mol. The fourth-order valence-electron chi connectivity index (χ4n) is 4.33. The highest BCUT2D eigenvalue weighted by Gasteiger charge is 2.42. The van der Waals surface area contributed by atoms with E-state index >= 15 is 0 Å². The summed E-state index contributed by atoms with van der Waals surface area (Å²) in [4.78, 5) is 28.4. The third-order valence-corrected chi connectivity index (χ3v) is 6.24. The van der Waals surface area contributed by atoms with Crippen LogP contribution < -0.4 is 0 Å². The third kappa shape index (κ3) is 3.85. The highest BCUT2D eigenvalue weighted by molar-refractivity contribution is 5.76. The van der Waals surface area contributed by atoms with Gasteiger partial charge in [0.05, 0.1) is 6.54 Å². The maximum absolute atomic E-state index is 12.6. The van der Waals surface area contributed by atoms with Crippen molar-refractivity contribution in [3.63, 3.8) is 0 Å². The fraction of sp³-hybridized carbons (Fsp3) is 0.737. The van der Waals surface area contributed by atoms with Gasteiger partial charge in [-0.25, -0.2) is 9.97 Å². The van der Waals surface area contributed by atoms with E-state index in [1.807, 2.05) is 18.5 Å². The van der Waals surface area contributed by atoms with E-state index < -0.39 is 0 Å². The minimum atomic E-state index is 0.112. The van der Waals surface area contributed by atoms with Gasteiger partial charge in [0, 0.05) is 57.1 Å². The van der Waals surface area contributed by atoms with Gasteiger partial charge in [-0.2, -0.15) is 0 Å². The third-order valence-electron chi connectivity index (χ3n) is 6.24. The molecule has 1 amide bonds. The number of nitrogens with zero attached hydrogens (tertiary/aromatic N) is 5. The molecule has 3 heterocycles. The van der Waals surface area contributed by atoms with Crippen LogP contribution in [-0.4, -0.2) is 75.9 Å². The SMILES string of the molecule is CN1CCN(Cc2ncccn2)C[C@]12CCC(=O)N(CC1CC1)CC2. The zero-order chi connectivity index (χ0) is 17.3. The number of likely N-dealkylation sites (N-methyl/N-ethyl adjacent to an activating group) is 1. The van der Waals surface area contributed by atoms with E-state index in [0.717, 1.165) is 63.9 Å². The summed E-state index contributed by atoms with van der Waals surface area (Å²) < 4.78 is 0. The molecule has 1 aromatic heterocycles. The maximum Gasteiger partial charge on any atom is 0.222 e. The Morgan fingerprint density at radius 1 is 1.16 bits per heavy atom. The predicted molar refractivity (Wildman–Crippen MR) is 95.8 cm³/mol. The number of carbonyl (C=O) groups excluding carboxylic acids is 1. The second-order valence-electron chi connectivity index (χ2n) is 8.05. The van der Waals surface area contributed by atoms with Crippen LogP contribution >= 0.6 is 0 Å². The lowest BCUT2D eigenvalue weighted by Crippen LogP contribution is -2.60. The molecular formula is C19H29N5O. The van der Waals surface area contributed by atoms with Crippen molar-refractivity contribution < 1.29 is 4.79 Å². The van der Waals surface area contributed by atoms with E-state index in [1.165, 1.54) is 12.8 Å². The van der Waals surface area contributed by atoms with Crippen LogP contribution in [0.5, 0.6) is 0 Å². The summed E-state index contributed by atoms with van der Waals surface area (Å²) in [5.74, 6) is 2.02. The molecule has 2 aliphatic heterocycles. The molecule has 4 rings (SSSR count). The van der Waals surface area contributed by atoms with E-state index in [-0.39, 0.29) is 5.54 Å². The fourth-order valence-corrected chi connectivity index (χ4v) is 4.33. The molecule has 0 radical (unpaired) electrons. The van der Waals surface area contributed by atoms with Crippen molar-refractivity contribution in [3.05, 3.63) is 24.3 Å². The van der Waals surface area contributed by atoms with Gasteiger partial charge in [0.25, 0.3) is 0 Å². The van der Waals surface area contributed by atoms with Crippen molar-refractivity contribution in [2.45, 2.75) is 44.2 Å². The Bertz CT molecular complexity index is 605. The topological polar surface area (TPSA) is 52.6 Å². The van der Waals surface area contributed by atoms with Crippen molar-refractivity contribution in [2.24, 2.45) is 5.92 Å². The first-order chi connectivity index (χ1) is 12.1. The molecule has 1 saturated carbocycles. The second-order valence-corrected chi connectivity index (χ2v) is 8.05. The van der Waals surface area contributed by atoms with Crippen molar-refractivity contribution in [3.8, 4) is 0 Å². The molecule has 1 aliphatic carbocycles. The van der Waals surface area contributed by atoms with E-state index in [2.05, 4.69) is 31.7 Å².